The Morgan fingerprint density at radius 2 is 2.00 bits per heavy atom. The van der Waals surface area contributed by atoms with Crippen molar-refractivity contribution in [1.82, 2.24) is 4.98 Å². The first-order chi connectivity index (χ1) is 10.6. The first-order valence-electron chi connectivity index (χ1n) is 6.46. The Morgan fingerprint density at radius 1 is 1.18 bits per heavy atom. The number of nitrogens with zero attached hydrogens (tertiary/aromatic N) is 1. The molecule has 2 aromatic heterocycles. The number of carbonyl (C=O) groups is 2. The number of fused-ring (bicyclic) bond motifs is 1. The van der Waals surface area contributed by atoms with Gasteiger partial charge in [0.05, 0.1) is 11.7 Å². The molecule has 0 bridgehead atoms. The molecule has 0 spiro atoms. The van der Waals surface area contributed by atoms with Gasteiger partial charge in [-0.05, 0) is 24.3 Å². The standard InChI is InChI=1S/C16H11NO4S/c18-12(14-8-10-4-1-2-6-13(10)21-14)9-22-15-11(16(19)20)5-3-7-17-15/h1-8H,9H2,(H,19,20)/p-1. The first kappa shape index (κ1) is 14.3. The van der Waals surface area contributed by atoms with Crippen molar-refractivity contribution in [3.8, 4) is 0 Å². The summed E-state index contributed by atoms with van der Waals surface area (Å²) in [6.45, 7) is 0. The summed E-state index contributed by atoms with van der Waals surface area (Å²) < 4.78 is 5.48. The summed E-state index contributed by atoms with van der Waals surface area (Å²) in [5, 5.41) is 12.1. The van der Waals surface area contributed by atoms with Gasteiger partial charge in [-0.15, -0.1) is 0 Å². The lowest BCUT2D eigenvalue weighted by molar-refractivity contribution is -0.255. The van der Waals surface area contributed by atoms with Crippen molar-refractivity contribution < 1.29 is 19.1 Å². The molecule has 22 heavy (non-hydrogen) atoms. The lowest BCUT2D eigenvalue weighted by Gasteiger charge is -2.07. The number of Topliss-reactive ketones (excluding diaryl/α,β-unsaturated/α-hetero) is 1. The minimum Gasteiger partial charge on any atom is -0.545 e. The predicted molar refractivity (Wildman–Crippen MR) is 79.8 cm³/mol. The van der Waals surface area contributed by atoms with Gasteiger partial charge in [-0.1, -0.05) is 30.0 Å². The highest BCUT2D eigenvalue weighted by Gasteiger charge is 2.14. The van der Waals surface area contributed by atoms with Crippen LogP contribution in [0.5, 0.6) is 0 Å². The van der Waals surface area contributed by atoms with E-state index in [4.69, 9.17) is 4.42 Å². The van der Waals surface area contributed by atoms with Crippen molar-refractivity contribution in [3.63, 3.8) is 0 Å². The summed E-state index contributed by atoms with van der Waals surface area (Å²) in [6, 6.07) is 11.9. The van der Waals surface area contributed by atoms with Gasteiger partial charge in [0.25, 0.3) is 0 Å². The molecule has 0 atom stereocenters. The maximum atomic E-state index is 12.2. The number of para-hydroxylation sites is 1. The van der Waals surface area contributed by atoms with Gasteiger partial charge in [0, 0.05) is 17.1 Å². The summed E-state index contributed by atoms with van der Waals surface area (Å²) in [7, 11) is 0. The molecule has 0 unspecified atom stereocenters. The number of carboxylic acids is 1. The quantitative estimate of drug-likeness (QED) is 0.530. The molecule has 0 aliphatic carbocycles. The summed E-state index contributed by atoms with van der Waals surface area (Å²) in [5.41, 5.74) is 0.619. The van der Waals surface area contributed by atoms with Crippen LogP contribution in [0.4, 0.5) is 0 Å². The van der Waals surface area contributed by atoms with E-state index in [1.54, 1.807) is 12.1 Å². The van der Waals surface area contributed by atoms with Crippen LogP contribution in [0.25, 0.3) is 11.0 Å². The Balaban J connectivity index is 1.76. The first-order valence-corrected chi connectivity index (χ1v) is 7.44. The third kappa shape index (κ3) is 2.87. The molecule has 0 saturated carbocycles. The van der Waals surface area contributed by atoms with Gasteiger partial charge in [-0.25, -0.2) is 4.98 Å². The molecule has 0 aliphatic heterocycles. The number of carbonyl (C=O) groups excluding carboxylic acids is 2. The number of carboxylic acid groups (broad SMARTS) is 1. The molecule has 0 amide bonds. The molecule has 0 fully saturated rings. The second-order valence-electron chi connectivity index (χ2n) is 4.50. The highest BCUT2D eigenvalue weighted by Crippen LogP contribution is 2.23. The van der Waals surface area contributed by atoms with Gasteiger partial charge < -0.3 is 14.3 Å². The van der Waals surface area contributed by atoms with E-state index in [1.165, 1.54) is 18.3 Å². The zero-order chi connectivity index (χ0) is 15.5. The molecule has 0 radical (unpaired) electrons. The van der Waals surface area contributed by atoms with Crippen LogP contribution in [0.3, 0.4) is 0 Å². The molecule has 1 aromatic carbocycles. The number of aromatic carboxylic acids is 1. The monoisotopic (exact) mass is 312 g/mol. The van der Waals surface area contributed by atoms with Crippen LogP contribution in [0.2, 0.25) is 0 Å². The SMILES string of the molecule is O=C(CSc1ncccc1C(=O)[O-])c1cc2ccccc2o1. The number of ketones is 1. The summed E-state index contributed by atoms with van der Waals surface area (Å²) in [5.74, 6) is -1.25. The van der Waals surface area contributed by atoms with Crippen LogP contribution in [0.1, 0.15) is 20.9 Å². The Kier molecular flexibility index (Phi) is 3.93. The van der Waals surface area contributed by atoms with Gasteiger partial charge in [-0.3, -0.25) is 4.79 Å². The van der Waals surface area contributed by atoms with Crippen LogP contribution in [0, 0.1) is 0 Å². The molecule has 0 N–H and O–H groups in total. The van der Waals surface area contributed by atoms with E-state index < -0.39 is 5.97 Å². The lowest BCUT2D eigenvalue weighted by Crippen LogP contribution is -2.23. The van der Waals surface area contributed by atoms with Crippen LogP contribution in [-0.4, -0.2) is 22.5 Å². The Morgan fingerprint density at radius 3 is 2.77 bits per heavy atom. The van der Waals surface area contributed by atoms with Gasteiger partial charge in [0.1, 0.15) is 10.6 Å². The zero-order valence-electron chi connectivity index (χ0n) is 11.3. The fourth-order valence-electron chi connectivity index (χ4n) is 1.99. The molecule has 0 aliphatic rings. The van der Waals surface area contributed by atoms with Crippen molar-refractivity contribution in [2.24, 2.45) is 0 Å². The number of benzene rings is 1. The number of hydrogen-bond acceptors (Lipinski definition) is 6. The van der Waals surface area contributed by atoms with Crippen LogP contribution in [-0.2, 0) is 0 Å². The summed E-state index contributed by atoms with van der Waals surface area (Å²) in [4.78, 5) is 27.1. The van der Waals surface area contributed by atoms with Gasteiger partial charge >= 0.3 is 0 Å². The second-order valence-corrected chi connectivity index (χ2v) is 5.47. The predicted octanol–water partition coefficient (Wildman–Crippen LogP) is 2.17. The highest BCUT2D eigenvalue weighted by molar-refractivity contribution is 8.00. The van der Waals surface area contributed by atoms with Crippen LogP contribution >= 0.6 is 11.8 Å². The summed E-state index contributed by atoms with van der Waals surface area (Å²) >= 11 is 1.05. The number of furan rings is 1. The highest BCUT2D eigenvalue weighted by atomic mass is 32.2. The van der Waals surface area contributed by atoms with Crippen molar-refractivity contribution in [2.45, 2.75) is 5.03 Å². The number of thioether (sulfide) groups is 1. The van der Waals surface area contributed by atoms with E-state index in [-0.39, 0.29) is 27.9 Å². The maximum Gasteiger partial charge on any atom is 0.208 e. The Bertz CT molecular complexity index is 823. The Labute approximate surface area is 130 Å². The third-order valence-corrected chi connectivity index (χ3v) is 4.04. The molecule has 2 heterocycles. The molecule has 3 aromatic rings. The molecule has 110 valence electrons. The Hall–Kier alpha value is -2.60. The van der Waals surface area contributed by atoms with E-state index in [9.17, 15) is 14.7 Å². The number of pyridine rings is 1. The summed E-state index contributed by atoms with van der Waals surface area (Å²) in [6.07, 6.45) is 1.47. The van der Waals surface area contributed by atoms with Gasteiger partial charge in [0.15, 0.2) is 5.76 Å². The van der Waals surface area contributed by atoms with Crippen molar-refractivity contribution in [2.75, 3.05) is 5.75 Å². The molecule has 3 rings (SSSR count). The molecule has 5 nitrogen and oxygen atoms in total. The number of hydrogen-bond donors (Lipinski definition) is 0. The van der Waals surface area contributed by atoms with Gasteiger partial charge in [-0.2, -0.15) is 0 Å². The normalized spacial score (nSPS) is 10.7. The number of aromatic nitrogens is 1. The van der Waals surface area contributed by atoms with Crippen molar-refractivity contribution in [1.29, 1.82) is 0 Å². The zero-order valence-corrected chi connectivity index (χ0v) is 12.1. The van der Waals surface area contributed by atoms with Crippen LogP contribution < -0.4 is 5.11 Å². The molecular formula is C16H10NO4S-. The smallest absolute Gasteiger partial charge is 0.208 e. The average Bonchev–Trinajstić information content (AvgIpc) is 2.97. The average molecular weight is 312 g/mol. The fourth-order valence-corrected chi connectivity index (χ4v) is 2.84. The largest absolute Gasteiger partial charge is 0.545 e. The van der Waals surface area contributed by atoms with E-state index in [0.717, 1.165) is 17.1 Å². The van der Waals surface area contributed by atoms with Gasteiger partial charge in [0.2, 0.25) is 5.78 Å². The van der Waals surface area contributed by atoms with E-state index in [1.807, 2.05) is 18.2 Å². The van der Waals surface area contributed by atoms with E-state index in [2.05, 4.69) is 4.98 Å². The molecule has 6 heteroatoms. The second kappa shape index (κ2) is 6.03. The van der Waals surface area contributed by atoms with Crippen LogP contribution in [0.15, 0.2) is 58.1 Å². The van der Waals surface area contributed by atoms with E-state index in [0.29, 0.717) is 5.58 Å². The minimum atomic E-state index is -1.31. The van der Waals surface area contributed by atoms with E-state index >= 15 is 0 Å². The minimum absolute atomic E-state index is 0.0232. The third-order valence-electron chi connectivity index (χ3n) is 3.03. The topological polar surface area (TPSA) is 83.2 Å². The van der Waals surface area contributed by atoms with Crippen molar-refractivity contribution in [3.05, 3.63) is 60.0 Å². The lowest BCUT2D eigenvalue weighted by atomic mass is 10.2. The molecular weight excluding hydrogens is 302 g/mol. The fraction of sp³-hybridized carbons (Fsp3) is 0.0625. The molecule has 0 saturated heterocycles. The number of rotatable bonds is 5. The van der Waals surface area contributed by atoms with Crippen molar-refractivity contribution >= 4 is 34.5 Å². The maximum absolute atomic E-state index is 12.2.